The first-order chi connectivity index (χ1) is 13.1. The molecule has 27 heavy (non-hydrogen) atoms. The topological polar surface area (TPSA) is 77.6 Å². The van der Waals surface area contributed by atoms with E-state index in [0.717, 1.165) is 16.5 Å². The molecule has 0 radical (unpaired) electrons. The molecule has 2 heterocycles. The summed E-state index contributed by atoms with van der Waals surface area (Å²) >= 11 is 0. The van der Waals surface area contributed by atoms with Gasteiger partial charge in [0.05, 0.1) is 18.1 Å². The quantitative estimate of drug-likeness (QED) is 0.526. The minimum Gasteiger partial charge on any atom is -0.370 e. The van der Waals surface area contributed by atoms with Gasteiger partial charge in [0.2, 0.25) is 5.91 Å². The molecule has 2 aromatic carbocycles. The number of nitro benzene ring substituents is 1. The first kappa shape index (κ1) is 17.2. The van der Waals surface area contributed by atoms with Gasteiger partial charge in [-0.2, -0.15) is 0 Å². The molecule has 1 aliphatic rings. The third-order valence-electron chi connectivity index (χ3n) is 4.86. The Balaban J connectivity index is 1.49. The van der Waals surface area contributed by atoms with Crippen LogP contribution in [0.2, 0.25) is 0 Å². The fourth-order valence-corrected chi connectivity index (χ4v) is 3.43. The summed E-state index contributed by atoms with van der Waals surface area (Å²) in [4.78, 5) is 25.1. The number of fused-ring (bicyclic) bond motifs is 1. The number of nitrogens with zero attached hydrogens (tertiary/aromatic N) is 3. The van der Waals surface area contributed by atoms with Crippen molar-refractivity contribution < 1.29 is 14.5 Å². The lowest BCUT2D eigenvalue weighted by Gasteiger charge is -2.33. The predicted octanol–water partition coefficient (Wildman–Crippen LogP) is 3.15. The minimum atomic E-state index is -0.417. The molecular weight excluding hydrogens is 346 g/mol. The molecule has 0 unspecified atom stereocenters. The number of amides is 1. The van der Waals surface area contributed by atoms with Gasteiger partial charge >= 0.3 is 0 Å². The minimum absolute atomic E-state index is 0.00934. The normalized spacial score (nSPS) is 17.2. The van der Waals surface area contributed by atoms with E-state index in [1.165, 1.54) is 12.1 Å². The van der Waals surface area contributed by atoms with Crippen LogP contribution in [0.15, 0.2) is 60.8 Å². The molecule has 3 aromatic rings. The average Bonchev–Trinajstić information content (AvgIpc) is 3.10. The van der Waals surface area contributed by atoms with Gasteiger partial charge < -0.3 is 14.2 Å². The van der Waals surface area contributed by atoms with Gasteiger partial charge in [-0.1, -0.05) is 30.3 Å². The second kappa shape index (κ2) is 7.20. The zero-order valence-corrected chi connectivity index (χ0v) is 14.7. The van der Waals surface area contributed by atoms with Crippen molar-refractivity contribution in [3.05, 3.63) is 76.5 Å². The number of carbonyl (C=O) groups is 1. The smallest absolute Gasteiger partial charge is 0.270 e. The molecule has 1 fully saturated rings. The zero-order valence-electron chi connectivity index (χ0n) is 14.7. The highest BCUT2D eigenvalue weighted by atomic mass is 16.6. The number of hydrogen-bond acceptors (Lipinski definition) is 4. The third kappa shape index (κ3) is 3.54. The molecule has 0 saturated carbocycles. The fourth-order valence-electron chi connectivity index (χ4n) is 3.43. The van der Waals surface area contributed by atoms with Crippen LogP contribution < -0.4 is 0 Å². The Bertz CT molecular complexity index is 983. The summed E-state index contributed by atoms with van der Waals surface area (Å²) < 4.78 is 7.65. The summed E-state index contributed by atoms with van der Waals surface area (Å²) in [7, 11) is 0. The predicted molar refractivity (Wildman–Crippen MR) is 100 cm³/mol. The van der Waals surface area contributed by atoms with Crippen molar-refractivity contribution in [1.82, 2.24) is 9.47 Å². The monoisotopic (exact) mass is 365 g/mol. The van der Waals surface area contributed by atoms with Crippen molar-refractivity contribution in [3.8, 4) is 0 Å². The number of aromatic nitrogens is 1. The van der Waals surface area contributed by atoms with E-state index in [-0.39, 0.29) is 24.2 Å². The molecule has 0 bridgehead atoms. The lowest BCUT2D eigenvalue weighted by molar-refractivity contribution is -0.384. The van der Waals surface area contributed by atoms with E-state index >= 15 is 0 Å². The number of non-ortho nitro benzene ring substituents is 1. The molecule has 138 valence electrons. The summed E-state index contributed by atoms with van der Waals surface area (Å²) in [5.74, 6) is 0.00934. The lowest BCUT2D eigenvalue weighted by atomic mass is 10.1. The summed E-state index contributed by atoms with van der Waals surface area (Å²) in [5, 5.41) is 11.7. The number of rotatable bonds is 4. The van der Waals surface area contributed by atoms with Crippen molar-refractivity contribution in [1.29, 1.82) is 0 Å². The maximum atomic E-state index is 12.8. The molecule has 1 atom stereocenters. The Kier molecular flexibility index (Phi) is 4.60. The standard InChI is InChI=1S/C20H19N3O4/c24-20(22-10-11-27-19(13-22)15-4-2-1-3-5-15)14-21-9-8-16-12-17(23(25)26)6-7-18(16)21/h1-9,12,19H,10-11,13-14H2/t19-/m0/s1. The van der Waals surface area contributed by atoms with Crippen molar-refractivity contribution in [3.63, 3.8) is 0 Å². The van der Waals surface area contributed by atoms with E-state index in [1.54, 1.807) is 18.3 Å². The molecular formula is C20H19N3O4. The van der Waals surface area contributed by atoms with E-state index in [2.05, 4.69) is 0 Å². The van der Waals surface area contributed by atoms with Crippen molar-refractivity contribution in [2.24, 2.45) is 0 Å². The van der Waals surface area contributed by atoms with Crippen LogP contribution in [0.5, 0.6) is 0 Å². The largest absolute Gasteiger partial charge is 0.370 e. The van der Waals surface area contributed by atoms with Gasteiger partial charge in [0, 0.05) is 35.8 Å². The number of hydrogen-bond donors (Lipinski definition) is 0. The Morgan fingerprint density at radius 2 is 2.00 bits per heavy atom. The summed E-state index contributed by atoms with van der Waals surface area (Å²) in [6.45, 7) is 1.78. The van der Waals surface area contributed by atoms with E-state index < -0.39 is 4.92 Å². The SMILES string of the molecule is O=C(Cn1ccc2cc([N+](=O)[O-])ccc21)N1CCO[C@H](c2ccccc2)C1. The average molecular weight is 365 g/mol. The Morgan fingerprint density at radius 1 is 1.19 bits per heavy atom. The molecule has 7 heteroatoms. The van der Waals surface area contributed by atoms with E-state index in [9.17, 15) is 14.9 Å². The van der Waals surface area contributed by atoms with E-state index in [0.29, 0.717) is 19.7 Å². The van der Waals surface area contributed by atoms with Gasteiger partial charge in [0.15, 0.2) is 0 Å². The van der Waals surface area contributed by atoms with Gasteiger partial charge in [-0.15, -0.1) is 0 Å². The Hall–Kier alpha value is -3.19. The van der Waals surface area contributed by atoms with Gasteiger partial charge in [-0.05, 0) is 17.7 Å². The molecule has 0 aliphatic carbocycles. The second-order valence-corrected chi connectivity index (χ2v) is 6.55. The van der Waals surface area contributed by atoms with E-state index in [4.69, 9.17) is 4.74 Å². The van der Waals surface area contributed by atoms with Crippen LogP contribution in [0.25, 0.3) is 10.9 Å². The third-order valence-corrected chi connectivity index (χ3v) is 4.86. The molecule has 1 amide bonds. The van der Waals surface area contributed by atoms with Gasteiger partial charge in [0.25, 0.3) is 5.69 Å². The number of morpholine rings is 1. The number of ether oxygens (including phenoxy) is 1. The van der Waals surface area contributed by atoms with Crippen LogP contribution in [0.4, 0.5) is 5.69 Å². The van der Waals surface area contributed by atoms with E-state index in [1.807, 2.05) is 39.8 Å². The molecule has 0 N–H and O–H groups in total. The molecule has 1 aliphatic heterocycles. The molecule has 1 aromatic heterocycles. The van der Waals surface area contributed by atoms with Crippen LogP contribution in [-0.2, 0) is 16.1 Å². The zero-order chi connectivity index (χ0) is 18.8. The number of nitro groups is 1. The van der Waals surface area contributed by atoms with Crippen LogP contribution >= 0.6 is 0 Å². The Morgan fingerprint density at radius 3 is 2.78 bits per heavy atom. The van der Waals surface area contributed by atoms with Gasteiger partial charge in [0.1, 0.15) is 12.6 Å². The summed E-state index contributed by atoms with van der Waals surface area (Å²) in [6, 6.07) is 16.4. The van der Waals surface area contributed by atoms with Gasteiger partial charge in [-0.3, -0.25) is 14.9 Å². The lowest BCUT2D eigenvalue weighted by Crippen LogP contribution is -2.43. The maximum absolute atomic E-state index is 12.8. The Labute approximate surface area is 155 Å². The van der Waals surface area contributed by atoms with Crippen molar-refractivity contribution in [2.75, 3.05) is 19.7 Å². The van der Waals surface area contributed by atoms with Crippen LogP contribution in [0.1, 0.15) is 11.7 Å². The first-order valence-electron chi connectivity index (χ1n) is 8.79. The highest BCUT2D eigenvalue weighted by Crippen LogP contribution is 2.24. The molecule has 4 rings (SSSR count). The summed E-state index contributed by atoms with van der Waals surface area (Å²) in [6.07, 6.45) is 1.68. The maximum Gasteiger partial charge on any atom is 0.270 e. The van der Waals surface area contributed by atoms with Crippen LogP contribution in [0.3, 0.4) is 0 Å². The van der Waals surface area contributed by atoms with Crippen LogP contribution in [-0.4, -0.2) is 40.0 Å². The van der Waals surface area contributed by atoms with Crippen molar-refractivity contribution in [2.45, 2.75) is 12.6 Å². The van der Waals surface area contributed by atoms with Crippen LogP contribution in [0, 0.1) is 10.1 Å². The number of benzene rings is 2. The second-order valence-electron chi connectivity index (χ2n) is 6.55. The highest BCUT2D eigenvalue weighted by molar-refractivity contribution is 5.85. The molecule has 0 spiro atoms. The van der Waals surface area contributed by atoms with Gasteiger partial charge in [-0.25, -0.2) is 0 Å². The molecule has 1 saturated heterocycles. The van der Waals surface area contributed by atoms with Crippen molar-refractivity contribution >= 4 is 22.5 Å². The molecule has 7 nitrogen and oxygen atoms in total. The summed E-state index contributed by atoms with van der Waals surface area (Å²) in [5.41, 5.74) is 1.92. The fraction of sp³-hybridized carbons (Fsp3) is 0.250. The first-order valence-corrected chi connectivity index (χ1v) is 8.79. The highest BCUT2D eigenvalue weighted by Gasteiger charge is 2.25. The number of carbonyl (C=O) groups excluding carboxylic acids is 1.